The third-order valence-electron chi connectivity index (χ3n) is 3.70. The number of hydrogen-bond donors (Lipinski definition) is 1. The number of anilines is 1. The van der Waals surface area contributed by atoms with Crippen molar-refractivity contribution in [3.63, 3.8) is 0 Å². The van der Waals surface area contributed by atoms with E-state index in [0.717, 1.165) is 17.5 Å². The number of aromatic nitrogens is 1. The summed E-state index contributed by atoms with van der Waals surface area (Å²) in [5, 5.41) is 3.82. The predicted octanol–water partition coefficient (Wildman–Crippen LogP) is 4.44. The minimum absolute atomic E-state index is 0.386. The molecular weight excluding hydrogens is 328 g/mol. The minimum atomic E-state index is -0.386. The Bertz CT molecular complexity index is 889. The average Bonchev–Trinajstić information content (AvgIpc) is 3.01. The molecular formula is C18H17ClN2O3. The summed E-state index contributed by atoms with van der Waals surface area (Å²) < 4.78 is 10.6. The summed E-state index contributed by atoms with van der Waals surface area (Å²) in [5.41, 5.74) is 3.71. The number of ether oxygens (including phenoxy) is 1. The number of nitrogens with zero attached hydrogens (tertiary/aromatic N) is 1. The number of rotatable bonds is 5. The molecule has 0 radical (unpaired) electrons. The van der Waals surface area contributed by atoms with Crippen molar-refractivity contribution in [3.8, 4) is 0 Å². The van der Waals surface area contributed by atoms with Crippen LogP contribution in [0.1, 0.15) is 28.4 Å². The highest BCUT2D eigenvalue weighted by molar-refractivity contribution is 6.30. The zero-order valence-electron chi connectivity index (χ0n) is 13.4. The largest absolute Gasteiger partial charge is 0.465 e. The monoisotopic (exact) mass is 344 g/mol. The van der Waals surface area contributed by atoms with Crippen molar-refractivity contribution in [3.05, 3.63) is 58.1 Å². The molecule has 0 spiro atoms. The smallest absolute Gasteiger partial charge is 0.337 e. The molecule has 124 valence electrons. The Hall–Kier alpha value is -2.53. The average molecular weight is 345 g/mol. The van der Waals surface area contributed by atoms with E-state index in [1.54, 1.807) is 12.1 Å². The van der Waals surface area contributed by atoms with E-state index in [2.05, 4.69) is 10.3 Å². The van der Waals surface area contributed by atoms with Crippen molar-refractivity contribution >= 4 is 34.7 Å². The molecule has 3 rings (SSSR count). The maximum atomic E-state index is 11.8. The molecule has 0 saturated heterocycles. The maximum Gasteiger partial charge on any atom is 0.337 e. The van der Waals surface area contributed by atoms with Gasteiger partial charge in [-0.1, -0.05) is 30.7 Å². The van der Waals surface area contributed by atoms with Crippen LogP contribution < -0.4 is 5.32 Å². The predicted molar refractivity (Wildman–Crippen MR) is 93.5 cm³/mol. The maximum absolute atomic E-state index is 11.8. The van der Waals surface area contributed by atoms with Crippen LogP contribution in [-0.4, -0.2) is 18.1 Å². The van der Waals surface area contributed by atoms with Crippen LogP contribution in [0.2, 0.25) is 5.02 Å². The van der Waals surface area contributed by atoms with Gasteiger partial charge in [0.15, 0.2) is 5.58 Å². The second-order valence-electron chi connectivity index (χ2n) is 5.33. The molecule has 0 bridgehead atoms. The topological polar surface area (TPSA) is 64.4 Å². The third kappa shape index (κ3) is 3.36. The Morgan fingerprint density at radius 1 is 1.33 bits per heavy atom. The van der Waals surface area contributed by atoms with E-state index in [4.69, 9.17) is 20.8 Å². The summed E-state index contributed by atoms with van der Waals surface area (Å²) in [6.07, 6.45) is 0.726. The second kappa shape index (κ2) is 6.93. The van der Waals surface area contributed by atoms with Gasteiger partial charge in [-0.2, -0.15) is 4.98 Å². The molecule has 2 aromatic carbocycles. The fourth-order valence-electron chi connectivity index (χ4n) is 2.50. The van der Waals surface area contributed by atoms with E-state index >= 15 is 0 Å². The summed E-state index contributed by atoms with van der Waals surface area (Å²) in [4.78, 5) is 16.2. The van der Waals surface area contributed by atoms with E-state index in [-0.39, 0.29) is 5.97 Å². The molecule has 1 N–H and O–H groups in total. The SMILES string of the molecule is CCc1cc(C(=O)OC)cc2nc(NCc3cccc(Cl)c3)oc12. The van der Waals surface area contributed by atoms with Gasteiger partial charge in [0, 0.05) is 11.6 Å². The van der Waals surface area contributed by atoms with Crippen LogP contribution in [-0.2, 0) is 17.7 Å². The van der Waals surface area contributed by atoms with E-state index in [9.17, 15) is 4.79 Å². The van der Waals surface area contributed by atoms with Crippen molar-refractivity contribution < 1.29 is 13.9 Å². The van der Waals surface area contributed by atoms with Crippen LogP contribution in [0.25, 0.3) is 11.1 Å². The van der Waals surface area contributed by atoms with Gasteiger partial charge in [0.2, 0.25) is 0 Å². The molecule has 6 heteroatoms. The molecule has 24 heavy (non-hydrogen) atoms. The van der Waals surface area contributed by atoms with Crippen molar-refractivity contribution in [1.29, 1.82) is 0 Å². The molecule has 0 unspecified atom stereocenters. The molecule has 0 aliphatic rings. The molecule has 0 aliphatic carbocycles. The van der Waals surface area contributed by atoms with Crippen LogP contribution in [0, 0.1) is 0 Å². The van der Waals surface area contributed by atoms with Gasteiger partial charge in [-0.3, -0.25) is 0 Å². The first-order valence-corrected chi connectivity index (χ1v) is 7.98. The number of benzene rings is 2. The van der Waals surface area contributed by atoms with Crippen LogP contribution in [0.3, 0.4) is 0 Å². The summed E-state index contributed by atoms with van der Waals surface area (Å²) in [5.74, 6) is -0.386. The molecule has 0 fully saturated rings. The number of methoxy groups -OCH3 is 1. The third-order valence-corrected chi connectivity index (χ3v) is 3.94. The Labute approximate surface area is 144 Å². The molecule has 1 heterocycles. The minimum Gasteiger partial charge on any atom is -0.465 e. The van der Waals surface area contributed by atoms with Crippen LogP contribution in [0.4, 0.5) is 6.01 Å². The normalized spacial score (nSPS) is 10.8. The summed E-state index contributed by atoms with van der Waals surface area (Å²) in [6.45, 7) is 2.54. The number of halogens is 1. The quantitative estimate of drug-likeness (QED) is 0.693. The standard InChI is InChI=1S/C18H17ClN2O3/c1-3-12-8-13(17(22)23-2)9-15-16(12)24-18(21-15)20-10-11-5-4-6-14(19)7-11/h4-9H,3,10H2,1-2H3,(H,20,21). The van der Waals surface area contributed by atoms with E-state index in [0.29, 0.717) is 34.2 Å². The molecule has 1 aromatic heterocycles. The number of fused-ring (bicyclic) bond motifs is 1. The number of hydrogen-bond acceptors (Lipinski definition) is 5. The lowest BCUT2D eigenvalue weighted by atomic mass is 10.1. The van der Waals surface area contributed by atoms with E-state index in [1.165, 1.54) is 7.11 Å². The van der Waals surface area contributed by atoms with Gasteiger partial charge in [0.05, 0.1) is 12.7 Å². The highest BCUT2D eigenvalue weighted by atomic mass is 35.5. The second-order valence-corrected chi connectivity index (χ2v) is 5.77. The van der Waals surface area contributed by atoms with Gasteiger partial charge < -0.3 is 14.5 Å². The van der Waals surface area contributed by atoms with Crippen molar-refractivity contribution in [1.82, 2.24) is 4.98 Å². The Morgan fingerprint density at radius 3 is 2.88 bits per heavy atom. The summed E-state index contributed by atoms with van der Waals surface area (Å²) >= 11 is 5.98. The van der Waals surface area contributed by atoms with Gasteiger partial charge in [-0.05, 0) is 41.8 Å². The number of carbonyl (C=O) groups is 1. The van der Waals surface area contributed by atoms with Gasteiger partial charge in [-0.25, -0.2) is 4.79 Å². The van der Waals surface area contributed by atoms with Crippen molar-refractivity contribution in [2.45, 2.75) is 19.9 Å². The Morgan fingerprint density at radius 2 is 2.17 bits per heavy atom. The van der Waals surface area contributed by atoms with E-state index < -0.39 is 0 Å². The fourth-order valence-corrected chi connectivity index (χ4v) is 2.71. The van der Waals surface area contributed by atoms with Crippen LogP contribution >= 0.6 is 11.6 Å². The molecule has 5 nitrogen and oxygen atoms in total. The lowest BCUT2D eigenvalue weighted by Crippen LogP contribution is -2.02. The highest BCUT2D eigenvalue weighted by Crippen LogP contribution is 2.26. The summed E-state index contributed by atoms with van der Waals surface area (Å²) in [7, 11) is 1.36. The highest BCUT2D eigenvalue weighted by Gasteiger charge is 2.15. The lowest BCUT2D eigenvalue weighted by molar-refractivity contribution is 0.0601. The number of esters is 1. The van der Waals surface area contributed by atoms with Gasteiger partial charge in [0.1, 0.15) is 5.52 Å². The first-order valence-electron chi connectivity index (χ1n) is 7.60. The molecule has 0 aliphatic heterocycles. The number of nitrogens with one attached hydrogen (secondary N) is 1. The molecule has 0 amide bonds. The first kappa shape index (κ1) is 16.3. The molecule has 0 saturated carbocycles. The van der Waals surface area contributed by atoms with Crippen LogP contribution in [0.15, 0.2) is 40.8 Å². The van der Waals surface area contributed by atoms with Crippen molar-refractivity contribution in [2.75, 3.05) is 12.4 Å². The number of aryl methyl sites for hydroxylation is 1. The molecule has 3 aromatic rings. The van der Waals surface area contributed by atoms with Gasteiger partial charge in [-0.15, -0.1) is 0 Å². The number of carbonyl (C=O) groups excluding carboxylic acids is 1. The number of oxazole rings is 1. The Kier molecular flexibility index (Phi) is 4.71. The van der Waals surface area contributed by atoms with Crippen LogP contribution in [0.5, 0.6) is 0 Å². The van der Waals surface area contributed by atoms with Gasteiger partial charge in [0.25, 0.3) is 6.01 Å². The first-order chi connectivity index (χ1) is 11.6. The van der Waals surface area contributed by atoms with E-state index in [1.807, 2.05) is 31.2 Å². The summed E-state index contributed by atoms with van der Waals surface area (Å²) in [6, 6.07) is 11.4. The lowest BCUT2D eigenvalue weighted by Gasteiger charge is -2.03. The molecule has 0 atom stereocenters. The van der Waals surface area contributed by atoms with Crippen molar-refractivity contribution in [2.24, 2.45) is 0 Å². The zero-order chi connectivity index (χ0) is 17.1. The zero-order valence-corrected chi connectivity index (χ0v) is 14.2. The Balaban J connectivity index is 1.88. The fraction of sp³-hybridized carbons (Fsp3) is 0.222. The van der Waals surface area contributed by atoms with Gasteiger partial charge >= 0.3 is 5.97 Å².